The van der Waals surface area contributed by atoms with E-state index < -0.39 is 0 Å². The van der Waals surface area contributed by atoms with Gasteiger partial charge < -0.3 is 5.11 Å². The summed E-state index contributed by atoms with van der Waals surface area (Å²) in [5, 5.41) is 10.2. The largest absolute Gasteiger partial charge is 0.392 e. The summed E-state index contributed by atoms with van der Waals surface area (Å²) in [6.07, 6.45) is 5.36. The summed E-state index contributed by atoms with van der Waals surface area (Å²) in [4.78, 5) is 11.7. The Morgan fingerprint density at radius 3 is 3.14 bits per heavy atom. The number of aliphatic hydroxyl groups excluding tert-OH is 1. The van der Waals surface area contributed by atoms with Gasteiger partial charge in [0.2, 0.25) is 0 Å². The summed E-state index contributed by atoms with van der Waals surface area (Å²) in [7, 11) is 0. The molecule has 4 unspecified atom stereocenters. The lowest BCUT2D eigenvalue weighted by atomic mass is 9.70. The zero-order chi connectivity index (χ0) is 9.92. The summed E-state index contributed by atoms with van der Waals surface area (Å²) in [5.41, 5.74) is 1.25. The number of aliphatic hydroxyl groups is 1. The van der Waals surface area contributed by atoms with Gasteiger partial charge in [-0.15, -0.1) is 0 Å². The lowest BCUT2D eigenvalue weighted by molar-refractivity contribution is -0.118. The Hall–Kier alpha value is -0.630. The number of allylic oxidation sites excluding steroid dienone is 1. The van der Waals surface area contributed by atoms with Gasteiger partial charge in [0.25, 0.3) is 0 Å². The first-order valence-electron chi connectivity index (χ1n) is 5.57. The van der Waals surface area contributed by atoms with Gasteiger partial charge in [-0.1, -0.05) is 12.5 Å². The first kappa shape index (κ1) is 8.66. The van der Waals surface area contributed by atoms with Crippen molar-refractivity contribution < 1.29 is 9.90 Å². The molecule has 3 rings (SSSR count). The predicted octanol–water partition coefficient (Wildman–Crippen LogP) is 1.68. The van der Waals surface area contributed by atoms with E-state index in [0.717, 1.165) is 19.3 Å². The smallest absolute Gasteiger partial charge is 0.158 e. The first-order chi connectivity index (χ1) is 6.64. The number of carbonyl (C=O) groups excluding carboxylic acids is 1. The van der Waals surface area contributed by atoms with E-state index in [0.29, 0.717) is 12.3 Å². The van der Waals surface area contributed by atoms with Crippen molar-refractivity contribution in [1.29, 1.82) is 0 Å². The number of hydrogen-bond acceptors (Lipinski definition) is 2. The fraction of sp³-hybridized carbons (Fsp3) is 0.750. The summed E-state index contributed by atoms with van der Waals surface area (Å²) in [5.74, 6) is 0.942. The van der Waals surface area contributed by atoms with Crippen LogP contribution in [0.2, 0.25) is 0 Å². The SMILES string of the molecule is CC1CCC2=CC(=O)C3CC(O)C21C3. The molecule has 3 aliphatic carbocycles. The van der Waals surface area contributed by atoms with Crippen LogP contribution in [0.25, 0.3) is 0 Å². The Kier molecular flexibility index (Phi) is 1.54. The number of ketones is 1. The minimum atomic E-state index is -0.261. The molecule has 0 radical (unpaired) electrons. The summed E-state index contributed by atoms with van der Waals surface area (Å²) in [6.45, 7) is 2.22. The molecule has 0 heterocycles. The van der Waals surface area contributed by atoms with Crippen molar-refractivity contribution in [3.8, 4) is 0 Å². The molecule has 1 spiro atoms. The standard InChI is InChI=1S/C12H16O2/c1-7-2-3-9-5-10(13)8-4-11(14)12(7,9)6-8/h5,7-8,11,14H,2-4,6H2,1H3. The van der Waals surface area contributed by atoms with Gasteiger partial charge in [0.05, 0.1) is 6.10 Å². The molecule has 0 saturated heterocycles. The molecule has 2 fully saturated rings. The van der Waals surface area contributed by atoms with Crippen molar-refractivity contribution in [2.45, 2.75) is 38.7 Å². The Morgan fingerprint density at radius 2 is 2.36 bits per heavy atom. The van der Waals surface area contributed by atoms with E-state index in [4.69, 9.17) is 0 Å². The van der Waals surface area contributed by atoms with Crippen LogP contribution < -0.4 is 0 Å². The normalized spacial score (nSPS) is 50.6. The molecule has 2 heteroatoms. The fourth-order valence-corrected chi connectivity index (χ4v) is 3.87. The molecule has 2 saturated carbocycles. The van der Waals surface area contributed by atoms with Crippen molar-refractivity contribution in [2.24, 2.45) is 17.3 Å². The van der Waals surface area contributed by atoms with Crippen LogP contribution in [0.3, 0.4) is 0 Å². The van der Waals surface area contributed by atoms with Crippen LogP contribution in [0.4, 0.5) is 0 Å². The van der Waals surface area contributed by atoms with Crippen molar-refractivity contribution >= 4 is 5.78 Å². The molecular weight excluding hydrogens is 176 g/mol. The van der Waals surface area contributed by atoms with Crippen molar-refractivity contribution in [3.63, 3.8) is 0 Å². The molecule has 0 aromatic heterocycles. The second-order valence-corrected chi connectivity index (χ2v) is 5.20. The Bertz CT molecular complexity index is 331. The quantitative estimate of drug-likeness (QED) is 0.634. The van der Waals surface area contributed by atoms with E-state index in [9.17, 15) is 9.90 Å². The summed E-state index contributed by atoms with van der Waals surface area (Å²) >= 11 is 0. The van der Waals surface area contributed by atoms with Gasteiger partial charge in [0.1, 0.15) is 0 Å². The number of rotatable bonds is 0. The molecule has 4 atom stereocenters. The van der Waals surface area contributed by atoms with E-state index in [1.54, 1.807) is 0 Å². The Labute approximate surface area is 84.0 Å². The second kappa shape index (κ2) is 2.48. The van der Waals surface area contributed by atoms with Crippen LogP contribution in [-0.2, 0) is 4.79 Å². The lowest BCUT2D eigenvalue weighted by Crippen LogP contribution is -2.35. The van der Waals surface area contributed by atoms with Crippen LogP contribution >= 0.6 is 0 Å². The van der Waals surface area contributed by atoms with Gasteiger partial charge in [0.15, 0.2) is 5.78 Å². The predicted molar refractivity (Wildman–Crippen MR) is 52.7 cm³/mol. The number of hydrogen-bond donors (Lipinski definition) is 1. The highest BCUT2D eigenvalue weighted by Crippen LogP contribution is 2.61. The summed E-state index contributed by atoms with van der Waals surface area (Å²) < 4.78 is 0. The Morgan fingerprint density at radius 1 is 1.57 bits per heavy atom. The van der Waals surface area contributed by atoms with E-state index in [2.05, 4.69) is 6.92 Å². The maximum Gasteiger partial charge on any atom is 0.158 e. The van der Waals surface area contributed by atoms with Gasteiger partial charge in [-0.2, -0.15) is 0 Å². The monoisotopic (exact) mass is 192 g/mol. The molecule has 0 aromatic rings. The highest BCUT2D eigenvalue weighted by Gasteiger charge is 2.58. The van der Waals surface area contributed by atoms with Crippen LogP contribution in [0.5, 0.6) is 0 Å². The first-order valence-corrected chi connectivity index (χ1v) is 5.57. The van der Waals surface area contributed by atoms with Crippen LogP contribution in [-0.4, -0.2) is 17.0 Å². The average Bonchev–Trinajstić information content (AvgIpc) is 2.61. The van der Waals surface area contributed by atoms with Crippen LogP contribution in [0.15, 0.2) is 11.6 Å². The maximum atomic E-state index is 11.7. The van der Waals surface area contributed by atoms with Crippen LogP contribution in [0.1, 0.15) is 32.6 Å². The van der Waals surface area contributed by atoms with Crippen molar-refractivity contribution in [1.82, 2.24) is 0 Å². The highest BCUT2D eigenvalue weighted by molar-refractivity contribution is 5.94. The molecule has 2 bridgehead atoms. The van der Waals surface area contributed by atoms with Gasteiger partial charge in [-0.05, 0) is 37.7 Å². The van der Waals surface area contributed by atoms with Gasteiger partial charge in [-0.3, -0.25) is 4.79 Å². The van der Waals surface area contributed by atoms with E-state index in [-0.39, 0.29) is 23.2 Å². The molecular formula is C12H16O2. The molecule has 0 aliphatic heterocycles. The minimum absolute atomic E-state index is 0.00141. The third-order valence-corrected chi connectivity index (χ3v) is 4.73. The van der Waals surface area contributed by atoms with Gasteiger partial charge in [-0.25, -0.2) is 0 Å². The molecule has 3 aliphatic rings. The molecule has 0 aromatic carbocycles. The topological polar surface area (TPSA) is 37.3 Å². The highest BCUT2D eigenvalue weighted by atomic mass is 16.3. The zero-order valence-corrected chi connectivity index (χ0v) is 8.49. The molecule has 0 amide bonds. The minimum Gasteiger partial charge on any atom is -0.392 e. The molecule has 14 heavy (non-hydrogen) atoms. The zero-order valence-electron chi connectivity index (χ0n) is 8.49. The van der Waals surface area contributed by atoms with E-state index in [1.165, 1.54) is 5.57 Å². The summed E-state index contributed by atoms with van der Waals surface area (Å²) in [6, 6.07) is 0. The lowest BCUT2D eigenvalue weighted by Gasteiger charge is -2.35. The maximum absolute atomic E-state index is 11.7. The van der Waals surface area contributed by atoms with E-state index in [1.807, 2.05) is 6.08 Å². The third kappa shape index (κ3) is 0.789. The van der Waals surface area contributed by atoms with Crippen LogP contribution in [0, 0.1) is 17.3 Å². The molecule has 1 N–H and O–H groups in total. The molecule has 2 nitrogen and oxygen atoms in total. The van der Waals surface area contributed by atoms with Crippen molar-refractivity contribution in [3.05, 3.63) is 11.6 Å². The fourth-order valence-electron chi connectivity index (χ4n) is 3.87. The van der Waals surface area contributed by atoms with Gasteiger partial charge in [0, 0.05) is 11.3 Å². The number of fused-ring (bicyclic) bond motifs is 1. The Balaban J connectivity index is 2.15. The van der Waals surface area contributed by atoms with Crippen molar-refractivity contribution in [2.75, 3.05) is 0 Å². The third-order valence-electron chi connectivity index (χ3n) is 4.73. The van der Waals surface area contributed by atoms with Gasteiger partial charge >= 0.3 is 0 Å². The number of carbonyl (C=O) groups is 1. The second-order valence-electron chi connectivity index (χ2n) is 5.20. The molecule has 76 valence electrons. The average molecular weight is 192 g/mol. The van der Waals surface area contributed by atoms with E-state index >= 15 is 0 Å².